The minimum atomic E-state index is -1.47. The number of phenolic OH excluding ortho intramolecular Hbond substituents is 1. The highest BCUT2D eigenvalue weighted by molar-refractivity contribution is 5.85. The molecule has 0 heterocycles. The van der Waals surface area contributed by atoms with Gasteiger partial charge in [-0.05, 0) is 18.2 Å². The lowest BCUT2D eigenvalue weighted by atomic mass is 10.0. The third-order valence-corrected chi connectivity index (χ3v) is 2.60. The number of hydrogen-bond donors (Lipinski definition) is 1. The molecule has 1 N–H and O–H groups in total. The maximum atomic E-state index is 11.7. The number of carbonyl (C=O) groups is 1. The van der Waals surface area contributed by atoms with Crippen LogP contribution in [0.2, 0.25) is 0 Å². The predicted octanol–water partition coefficient (Wildman–Crippen LogP) is 1.44. The molecule has 0 amide bonds. The zero-order valence-corrected chi connectivity index (χ0v) is 10.3. The molecule has 0 aliphatic carbocycles. The molecule has 0 unspecified atom stereocenters. The second kappa shape index (κ2) is 5.16. The molecule has 0 fully saturated rings. The third-order valence-electron chi connectivity index (χ3n) is 2.60. The Morgan fingerprint density at radius 1 is 1.24 bits per heavy atom. The van der Waals surface area contributed by atoms with Crippen molar-refractivity contribution in [2.45, 2.75) is 12.7 Å². The van der Waals surface area contributed by atoms with Crippen molar-refractivity contribution >= 4 is 5.78 Å². The fourth-order valence-electron chi connectivity index (χ4n) is 1.69. The Morgan fingerprint density at radius 2 is 1.82 bits per heavy atom. The average molecular weight is 240 g/mol. The molecule has 0 radical (unpaired) electrons. The Morgan fingerprint density at radius 3 is 2.24 bits per heavy atom. The van der Waals surface area contributed by atoms with Gasteiger partial charge < -0.3 is 19.3 Å². The second-order valence-electron chi connectivity index (χ2n) is 3.47. The van der Waals surface area contributed by atoms with Crippen molar-refractivity contribution in [2.75, 3.05) is 21.3 Å². The van der Waals surface area contributed by atoms with Gasteiger partial charge in [-0.1, -0.05) is 0 Å². The van der Waals surface area contributed by atoms with E-state index in [9.17, 15) is 9.90 Å². The van der Waals surface area contributed by atoms with Crippen LogP contribution < -0.4 is 4.74 Å². The largest absolute Gasteiger partial charge is 0.504 e. The molecule has 5 nitrogen and oxygen atoms in total. The molecule has 5 heteroatoms. The topological polar surface area (TPSA) is 65.0 Å². The van der Waals surface area contributed by atoms with Crippen LogP contribution in [0, 0.1) is 0 Å². The summed E-state index contributed by atoms with van der Waals surface area (Å²) in [6, 6.07) is 4.47. The highest BCUT2D eigenvalue weighted by Crippen LogP contribution is 2.34. The van der Waals surface area contributed by atoms with Crippen molar-refractivity contribution in [3.63, 3.8) is 0 Å². The Hall–Kier alpha value is -1.59. The molecule has 17 heavy (non-hydrogen) atoms. The average Bonchev–Trinajstić information content (AvgIpc) is 2.32. The molecule has 0 saturated carbocycles. The molecule has 0 spiro atoms. The number of hydrogen-bond acceptors (Lipinski definition) is 5. The first-order chi connectivity index (χ1) is 8.01. The lowest BCUT2D eigenvalue weighted by Gasteiger charge is -2.28. The number of phenols is 1. The van der Waals surface area contributed by atoms with Gasteiger partial charge in [0.1, 0.15) is 0 Å². The van der Waals surface area contributed by atoms with E-state index in [1.165, 1.54) is 40.4 Å². The first-order valence-corrected chi connectivity index (χ1v) is 5.00. The first kappa shape index (κ1) is 13.5. The van der Waals surface area contributed by atoms with Crippen LogP contribution in [0.4, 0.5) is 0 Å². The van der Waals surface area contributed by atoms with Gasteiger partial charge in [-0.3, -0.25) is 4.79 Å². The van der Waals surface area contributed by atoms with Crippen molar-refractivity contribution in [2.24, 2.45) is 0 Å². The Balaban J connectivity index is 3.33. The van der Waals surface area contributed by atoms with E-state index in [2.05, 4.69) is 0 Å². The number of ether oxygens (including phenoxy) is 3. The van der Waals surface area contributed by atoms with Crippen LogP contribution >= 0.6 is 0 Å². The van der Waals surface area contributed by atoms with Crippen LogP contribution in [0.1, 0.15) is 12.5 Å². The highest BCUT2D eigenvalue weighted by Gasteiger charge is 2.38. The molecular weight excluding hydrogens is 224 g/mol. The van der Waals surface area contributed by atoms with E-state index in [4.69, 9.17) is 14.2 Å². The minimum absolute atomic E-state index is 0.0130. The standard InChI is InChI=1S/C12H16O5/c1-8(13)12(16-3,17-4)9-5-6-10(14)11(7-9)15-2/h5-7,14H,1-4H3. The molecule has 0 saturated heterocycles. The summed E-state index contributed by atoms with van der Waals surface area (Å²) in [5.74, 6) is -1.53. The molecule has 0 atom stereocenters. The lowest BCUT2D eigenvalue weighted by molar-refractivity contribution is -0.211. The molecular formula is C12H16O5. The van der Waals surface area contributed by atoms with E-state index in [0.717, 1.165) is 0 Å². The molecule has 1 aromatic carbocycles. The number of rotatable bonds is 5. The summed E-state index contributed by atoms with van der Waals surface area (Å²) in [5, 5.41) is 9.49. The lowest BCUT2D eigenvalue weighted by Crippen LogP contribution is -2.38. The van der Waals surface area contributed by atoms with Gasteiger partial charge in [-0.2, -0.15) is 0 Å². The van der Waals surface area contributed by atoms with Crippen LogP contribution in [-0.2, 0) is 20.1 Å². The summed E-state index contributed by atoms with van der Waals surface area (Å²) >= 11 is 0. The van der Waals surface area contributed by atoms with E-state index in [1.807, 2.05) is 0 Å². The van der Waals surface area contributed by atoms with E-state index < -0.39 is 5.79 Å². The molecule has 94 valence electrons. The van der Waals surface area contributed by atoms with Crippen LogP contribution in [0.5, 0.6) is 11.5 Å². The Kier molecular flexibility index (Phi) is 4.09. The van der Waals surface area contributed by atoms with Gasteiger partial charge >= 0.3 is 0 Å². The first-order valence-electron chi connectivity index (χ1n) is 5.00. The third kappa shape index (κ3) is 2.25. The number of carbonyl (C=O) groups excluding carboxylic acids is 1. The smallest absolute Gasteiger partial charge is 0.255 e. The number of Topliss-reactive ketones (excluding diaryl/α,β-unsaturated/α-hetero) is 1. The monoisotopic (exact) mass is 240 g/mol. The van der Waals surface area contributed by atoms with Gasteiger partial charge in [-0.15, -0.1) is 0 Å². The van der Waals surface area contributed by atoms with Crippen LogP contribution in [-0.4, -0.2) is 32.2 Å². The van der Waals surface area contributed by atoms with E-state index in [1.54, 1.807) is 6.07 Å². The van der Waals surface area contributed by atoms with Gasteiger partial charge in [0.15, 0.2) is 17.3 Å². The van der Waals surface area contributed by atoms with Crippen molar-refractivity contribution in [3.05, 3.63) is 23.8 Å². The molecule has 0 aromatic heterocycles. The van der Waals surface area contributed by atoms with Crippen molar-refractivity contribution in [1.29, 1.82) is 0 Å². The van der Waals surface area contributed by atoms with E-state index in [0.29, 0.717) is 5.56 Å². The molecule has 0 bridgehead atoms. The summed E-state index contributed by atoms with van der Waals surface area (Å²) in [6.07, 6.45) is 0. The fourth-order valence-corrected chi connectivity index (χ4v) is 1.69. The van der Waals surface area contributed by atoms with Gasteiger partial charge in [0.05, 0.1) is 7.11 Å². The van der Waals surface area contributed by atoms with E-state index in [-0.39, 0.29) is 17.3 Å². The predicted molar refractivity (Wildman–Crippen MR) is 61.0 cm³/mol. The highest BCUT2D eigenvalue weighted by atomic mass is 16.7. The fraction of sp³-hybridized carbons (Fsp3) is 0.417. The maximum absolute atomic E-state index is 11.7. The maximum Gasteiger partial charge on any atom is 0.255 e. The quantitative estimate of drug-likeness (QED) is 0.789. The van der Waals surface area contributed by atoms with Crippen molar-refractivity contribution in [1.82, 2.24) is 0 Å². The zero-order valence-electron chi connectivity index (χ0n) is 10.3. The second-order valence-corrected chi connectivity index (χ2v) is 3.47. The number of methoxy groups -OCH3 is 3. The Bertz CT molecular complexity index is 409. The normalized spacial score (nSPS) is 11.3. The number of aromatic hydroxyl groups is 1. The van der Waals surface area contributed by atoms with Gasteiger partial charge in [0, 0.05) is 26.7 Å². The zero-order chi connectivity index (χ0) is 13.1. The summed E-state index contributed by atoms with van der Waals surface area (Å²) in [4.78, 5) is 11.7. The summed E-state index contributed by atoms with van der Waals surface area (Å²) in [7, 11) is 4.18. The van der Waals surface area contributed by atoms with E-state index >= 15 is 0 Å². The molecule has 1 aromatic rings. The number of benzene rings is 1. The van der Waals surface area contributed by atoms with Crippen LogP contribution in [0.15, 0.2) is 18.2 Å². The van der Waals surface area contributed by atoms with Crippen LogP contribution in [0.3, 0.4) is 0 Å². The Labute approximate surface area is 99.9 Å². The summed E-state index contributed by atoms with van der Waals surface area (Å²) < 4.78 is 15.3. The molecule has 0 aliphatic heterocycles. The number of ketones is 1. The van der Waals surface area contributed by atoms with Crippen molar-refractivity contribution < 1.29 is 24.1 Å². The van der Waals surface area contributed by atoms with Gasteiger partial charge in [-0.25, -0.2) is 0 Å². The van der Waals surface area contributed by atoms with Gasteiger partial charge in [0.25, 0.3) is 5.79 Å². The van der Waals surface area contributed by atoms with Gasteiger partial charge in [0.2, 0.25) is 0 Å². The minimum Gasteiger partial charge on any atom is -0.504 e. The summed E-state index contributed by atoms with van der Waals surface area (Å²) in [6.45, 7) is 1.37. The summed E-state index contributed by atoms with van der Waals surface area (Å²) in [5.41, 5.74) is 0.463. The molecule has 0 aliphatic rings. The SMILES string of the molecule is COc1cc(C(OC)(OC)C(C)=O)ccc1O. The molecule has 1 rings (SSSR count). The van der Waals surface area contributed by atoms with Crippen molar-refractivity contribution in [3.8, 4) is 11.5 Å². The van der Waals surface area contributed by atoms with Crippen LogP contribution in [0.25, 0.3) is 0 Å².